The fourth-order valence-electron chi connectivity index (χ4n) is 2.73. The van der Waals surface area contributed by atoms with Gasteiger partial charge in [-0.2, -0.15) is 0 Å². The molecule has 1 unspecified atom stereocenters. The molecule has 1 aliphatic rings. The van der Waals surface area contributed by atoms with Crippen molar-refractivity contribution >= 4 is 0 Å². The molecule has 21 heavy (non-hydrogen) atoms. The van der Waals surface area contributed by atoms with Crippen LogP contribution in [0.2, 0.25) is 0 Å². The van der Waals surface area contributed by atoms with Gasteiger partial charge in [0.05, 0.1) is 6.61 Å². The number of benzene rings is 2. The largest absolute Gasteiger partial charge is 0.493 e. The molecule has 0 radical (unpaired) electrons. The standard InChI is InChI=1S/C19H22O2/c1-19(2,3)16-7-4-13(5-8-16)18(20)15-6-9-17-14(12-15)10-11-21-17/h4-9,12,18,20H,10-11H2,1-3H3. The second-order valence-electron chi connectivity index (χ2n) is 6.74. The number of rotatable bonds is 2. The molecule has 0 fully saturated rings. The summed E-state index contributed by atoms with van der Waals surface area (Å²) in [5.74, 6) is 0.953. The minimum atomic E-state index is -0.579. The lowest BCUT2D eigenvalue weighted by molar-refractivity contribution is 0.220. The molecule has 2 nitrogen and oxygen atoms in total. The quantitative estimate of drug-likeness (QED) is 0.902. The van der Waals surface area contributed by atoms with Crippen LogP contribution in [0.5, 0.6) is 5.75 Å². The predicted molar refractivity (Wildman–Crippen MR) is 84.8 cm³/mol. The summed E-state index contributed by atoms with van der Waals surface area (Å²) >= 11 is 0. The maximum Gasteiger partial charge on any atom is 0.122 e. The molecule has 1 aliphatic heterocycles. The molecule has 110 valence electrons. The average molecular weight is 282 g/mol. The Bertz CT molecular complexity index is 636. The van der Waals surface area contributed by atoms with E-state index in [9.17, 15) is 5.11 Å². The second-order valence-corrected chi connectivity index (χ2v) is 6.74. The first kappa shape index (κ1) is 14.2. The second kappa shape index (κ2) is 5.19. The van der Waals surface area contributed by atoms with E-state index in [1.165, 1.54) is 11.1 Å². The Morgan fingerprint density at radius 1 is 1.00 bits per heavy atom. The first-order chi connectivity index (χ1) is 9.95. The van der Waals surface area contributed by atoms with E-state index in [4.69, 9.17) is 4.74 Å². The summed E-state index contributed by atoms with van der Waals surface area (Å²) in [6.07, 6.45) is 0.351. The van der Waals surface area contributed by atoms with E-state index in [1.54, 1.807) is 0 Å². The molecular formula is C19H22O2. The maximum absolute atomic E-state index is 10.6. The van der Waals surface area contributed by atoms with Crippen molar-refractivity contribution in [1.82, 2.24) is 0 Å². The molecule has 0 amide bonds. The topological polar surface area (TPSA) is 29.5 Å². The molecule has 0 bridgehead atoms. The van der Waals surface area contributed by atoms with E-state index in [1.807, 2.05) is 24.3 Å². The van der Waals surface area contributed by atoms with Crippen molar-refractivity contribution in [3.8, 4) is 5.75 Å². The minimum absolute atomic E-state index is 0.133. The molecule has 1 atom stereocenters. The fourth-order valence-corrected chi connectivity index (χ4v) is 2.73. The molecule has 2 heteroatoms. The Balaban J connectivity index is 1.86. The molecule has 1 N–H and O–H groups in total. The van der Waals surface area contributed by atoms with Gasteiger partial charge >= 0.3 is 0 Å². The van der Waals surface area contributed by atoms with Gasteiger partial charge in [-0.1, -0.05) is 51.1 Å². The first-order valence-electron chi connectivity index (χ1n) is 7.49. The van der Waals surface area contributed by atoms with Gasteiger partial charge in [-0.05, 0) is 39.8 Å². The van der Waals surface area contributed by atoms with Crippen molar-refractivity contribution in [2.24, 2.45) is 0 Å². The number of ether oxygens (including phenoxy) is 1. The number of aliphatic hydroxyl groups is 1. The van der Waals surface area contributed by atoms with Crippen LogP contribution in [-0.4, -0.2) is 11.7 Å². The van der Waals surface area contributed by atoms with Gasteiger partial charge in [-0.3, -0.25) is 0 Å². The van der Waals surface area contributed by atoms with Crippen LogP contribution < -0.4 is 4.74 Å². The number of aliphatic hydroxyl groups excluding tert-OH is 1. The lowest BCUT2D eigenvalue weighted by Gasteiger charge is -2.20. The average Bonchev–Trinajstić information content (AvgIpc) is 2.93. The Labute approximate surface area is 126 Å². The normalized spacial score (nSPS) is 15.4. The van der Waals surface area contributed by atoms with Crippen molar-refractivity contribution < 1.29 is 9.84 Å². The van der Waals surface area contributed by atoms with Crippen LogP contribution in [0.25, 0.3) is 0 Å². The summed E-state index contributed by atoms with van der Waals surface area (Å²) in [6.45, 7) is 7.33. The van der Waals surface area contributed by atoms with Gasteiger partial charge in [0.15, 0.2) is 0 Å². The molecule has 0 aliphatic carbocycles. The third kappa shape index (κ3) is 2.81. The Hall–Kier alpha value is -1.80. The number of fused-ring (bicyclic) bond motifs is 1. The van der Waals surface area contributed by atoms with Crippen molar-refractivity contribution in [3.63, 3.8) is 0 Å². The van der Waals surface area contributed by atoms with E-state index in [-0.39, 0.29) is 5.41 Å². The smallest absolute Gasteiger partial charge is 0.122 e. The van der Waals surface area contributed by atoms with E-state index < -0.39 is 6.10 Å². The van der Waals surface area contributed by atoms with Gasteiger partial charge in [0.25, 0.3) is 0 Å². The Kier molecular flexibility index (Phi) is 3.50. The third-order valence-corrected chi connectivity index (χ3v) is 4.12. The molecule has 0 saturated heterocycles. The van der Waals surface area contributed by atoms with E-state index in [2.05, 4.69) is 39.0 Å². The van der Waals surface area contributed by atoms with Crippen LogP contribution >= 0.6 is 0 Å². The zero-order valence-corrected chi connectivity index (χ0v) is 12.9. The van der Waals surface area contributed by atoms with Gasteiger partial charge in [0.2, 0.25) is 0 Å². The van der Waals surface area contributed by atoms with E-state index >= 15 is 0 Å². The van der Waals surface area contributed by atoms with Crippen LogP contribution in [0.1, 0.15) is 49.1 Å². The van der Waals surface area contributed by atoms with Crippen molar-refractivity contribution in [2.45, 2.75) is 38.7 Å². The highest BCUT2D eigenvalue weighted by molar-refractivity contribution is 5.43. The molecule has 0 aromatic heterocycles. The lowest BCUT2D eigenvalue weighted by Crippen LogP contribution is -2.11. The predicted octanol–water partition coefficient (Wildman–Crippen LogP) is 4.00. The number of hydrogen-bond donors (Lipinski definition) is 1. The minimum Gasteiger partial charge on any atom is -0.493 e. The van der Waals surface area contributed by atoms with Crippen LogP contribution in [0.3, 0.4) is 0 Å². The maximum atomic E-state index is 10.6. The Morgan fingerprint density at radius 2 is 1.67 bits per heavy atom. The summed E-state index contributed by atoms with van der Waals surface area (Å²) in [4.78, 5) is 0. The van der Waals surface area contributed by atoms with Gasteiger partial charge in [0.1, 0.15) is 11.9 Å². The summed E-state index contributed by atoms with van der Waals surface area (Å²) in [5, 5.41) is 10.6. The molecular weight excluding hydrogens is 260 g/mol. The fraction of sp³-hybridized carbons (Fsp3) is 0.368. The SMILES string of the molecule is CC(C)(C)c1ccc(C(O)c2ccc3c(c2)CCO3)cc1. The molecule has 3 rings (SSSR count). The zero-order chi connectivity index (χ0) is 15.0. The molecule has 2 aromatic carbocycles. The highest BCUT2D eigenvalue weighted by Crippen LogP contribution is 2.31. The van der Waals surface area contributed by atoms with Crippen LogP contribution in [0.4, 0.5) is 0 Å². The lowest BCUT2D eigenvalue weighted by atomic mass is 9.86. The van der Waals surface area contributed by atoms with Gasteiger partial charge in [0, 0.05) is 6.42 Å². The summed E-state index contributed by atoms with van der Waals surface area (Å²) in [6, 6.07) is 14.2. The summed E-state index contributed by atoms with van der Waals surface area (Å²) in [7, 11) is 0. The monoisotopic (exact) mass is 282 g/mol. The van der Waals surface area contributed by atoms with Crippen LogP contribution in [0.15, 0.2) is 42.5 Å². The highest BCUT2D eigenvalue weighted by Gasteiger charge is 2.18. The van der Waals surface area contributed by atoms with Crippen molar-refractivity contribution in [3.05, 3.63) is 64.7 Å². The highest BCUT2D eigenvalue weighted by atomic mass is 16.5. The van der Waals surface area contributed by atoms with Gasteiger partial charge in [-0.15, -0.1) is 0 Å². The first-order valence-corrected chi connectivity index (χ1v) is 7.49. The third-order valence-electron chi connectivity index (χ3n) is 4.12. The Morgan fingerprint density at radius 3 is 2.33 bits per heavy atom. The van der Waals surface area contributed by atoms with Gasteiger partial charge in [-0.25, -0.2) is 0 Å². The van der Waals surface area contributed by atoms with E-state index in [0.29, 0.717) is 0 Å². The summed E-state index contributed by atoms with van der Waals surface area (Å²) < 4.78 is 5.51. The summed E-state index contributed by atoms with van der Waals surface area (Å²) in [5.41, 5.74) is 4.47. The molecule has 1 heterocycles. The van der Waals surface area contributed by atoms with E-state index in [0.717, 1.165) is 29.9 Å². The molecule has 0 spiro atoms. The van der Waals surface area contributed by atoms with Crippen LogP contribution in [-0.2, 0) is 11.8 Å². The van der Waals surface area contributed by atoms with Crippen molar-refractivity contribution in [1.29, 1.82) is 0 Å². The molecule has 0 saturated carbocycles. The number of hydrogen-bond acceptors (Lipinski definition) is 2. The molecule has 2 aromatic rings. The van der Waals surface area contributed by atoms with Gasteiger partial charge < -0.3 is 9.84 Å². The zero-order valence-electron chi connectivity index (χ0n) is 12.9. The van der Waals surface area contributed by atoms with Crippen LogP contribution in [0, 0.1) is 0 Å². The van der Waals surface area contributed by atoms with Crippen molar-refractivity contribution in [2.75, 3.05) is 6.61 Å².